The topological polar surface area (TPSA) is 54.9 Å². The molecule has 0 saturated carbocycles. The molecule has 0 aliphatic carbocycles. The van der Waals surface area contributed by atoms with Gasteiger partial charge in [-0.3, -0.25) is 14.3 Å². The summed E-state index contributed by atoms with van der Waals surface area (Å²) in [6.07, 6.45) is 1.30. The maximum absolute atomic E-state index is 13.5. The molecule has 1 aromatic rings. The number of H-pyrrole nitrogens is 1. The standard InChI is InChI=1S/C9H13FN2O2/c1-6(9(2,3)10)12-5-4-7(13)11-8(12)14/h4-6H,1-3H3,(H,11,13,14). The van der Waals surface area contributed by atoms with Gasteiger partial charge in [-0.15, -0.1) is 0 Å². The minimum absolute atomic E-state index is 0.477. The third-order valence-corrected chi connectivity index (χ3v) is 2.26. The molecular formula is C9H13FN2O2. The number of hydrogen-bond donors (Lipinski definition) is 1. The van der Waals surface area contributed by atoms with Crippen LogP contribution in [0.1, 0.15) is 26.8 Å². The monoisotopic (exact) mass is 200 g/mol. The van der Waals surface area contributed by atoms with Crippen molar-refractivity contribution < 1.29 is 4.39 Å². The van der Waals surface area contributed by atoms with E-state index >= 15 is 0 Å². The fraction of sp³-hybridized carbons (Fsp3) is 0.556. The molecule has 1 unspecified atom stereocenters. The number of aromatic nitrogens is 2. The molecule has 0 saturated heterocycles. The van der Waals surface area contributed by atoms with Crippen molar-refractivity contribution in [2.75, 3.05) is 0 Å². The minimum atomic E-state index is -1.51. The molecule has 0 aliphatic heterocycles. The fourth-order valence-corrected chi connectivity index (χ4v) is 1.06. The molecule has 0 radical (unpaired) electrons. The molecule has 0 bridgehead atoms. The predicted octanol–water partition coefficient (Wildman–Crippen LogP) is 0.846. The van der Waals surface area contributed by atoms with Gasteiger partial charge in [-0.25, -0.2) is 9.18 Å². The van der Waals surface area contributed by atoms with Gasteiger partial charge in [-0.05, 0) is 20.8 Å². The Kier molecular flexibility index (Phi) is 2.59. The summed E-state index contributed by atoms with van der Waals surface area (Å²) in [4.78, 5) is 24.1. The summed E-state index contributed by atoms with van der Waals surface area (Å²) in [7, 11) is 0. The molecule has 0 aliphatic rings. The number of halogens is 1. The highest BCUT2D eigenvalue weighted by Gasteiger charge is 2.26. The van der Waals surface area contributed by atoms with E-state index in [1.54, 1.807) is 6.92 Å². The molecule has 14 heavy (non-hydrogen) atoms. The van der Waals surface area contributed by atoms with Crippen molar-refractivity contribution in [1.29, 1.82) is 0 Å². The maximum Gasteiger partial charge on any atom is 0.328 e. The maximum atomic E-state index is 13.5. The van der Waals surface area contributed by atoms with E-state index < -0.39 is 23.0 Å². The van der Waals surface area contributed by atoms with E-state index in [1.807, 2.05) is 0 Å². The van der Waals surface area contributed by atoms with Gasteiger partial charge < -0.3 is 0 Å². The Morgan fingerprint density at radius 3 is 2.50 bits per heavy atom. The first kappa shape index (κ1) is 10.7. The van der Waals surface area contributed by atoms with E-state index in [0.717, 1.165) is 0 Å². The van der Waals surface area contributed by atoms with Gasteiger partial charge >= 0.3 is 5.69 Å². The van der Waals surface area contributed by atoms with Crippen molar-refractivity contribution in [3.8, 4) is 0 Å². The fourth-order valence-electron chi connectivity index (χ4n) is 1.06. The first-order valence-electron chi connectivity index (χ1n) is 4.33. The van der Waals surface area contributed by atoms with E-state index in [4.69, 9.17) is 0 Å². The molecule has 0 fully saturated rings. The number of aromatic amines is 1. The lowest BCUT2D eigenvalue weighted by Gasteiger charge is -2.24. The van der Waals surface area contributed by atoms with Crippen LogP contribution in [0.4, 0.5) is 4.39 Å². The lowest BCUT2D eigenvalue weighted by Crippen LogP contribution is -2.37. The van der Waals surface area contributed by atoms with Crippen molar-refractivity contribution in [1.82, 2.24) is 9.55 Å². The SMILES string of the molecule is CC(n1ccc(=O)[nH]c1=O)C(C)(C)F. The second-order valence-electron chi connectivity index (χ2n) is 3.76. The van der Waals surface area contributed by atoms with Crippen LogP contribution in [0.15, 0.2) is 21.9 Å². The second kappa shape index (κ2) is 3.40. The molecule has 5 heteroatoms. The zero-order valence-electron chi connectivity index (χ0n) is 8.37. The summed E-state index contributed by atoms with van der Waals surface area (Å²) in [6, 6.07) is 0.579. The van der Waals surface area contributed by atoms with Gasteiger partial charge in [-0.1, -0.05) is 0 Å². The number of rotatable bonds is 2. The Labute approximate surface area is 80.4 Å². The van der Waals surface area contributed by atoms with Crippen molar-refractivity contribution in [2.24, 2.45) is 0 Å². The van der Waals surface area contributed by atoms with Crippen molar-refractivity contribution in [3.63, 3.8) is 0 Å². The van der Waals surface area contributed by atoms with E-state index in [9.17, 15) is 14.0 Å². The molecule has 1 rings (SSSR count). The van der Waals surface area contributed by atoms with Crippen molar-refractivity contribution in [2.45, 2.75) is 32.5 Å². The van der Waals surface area contributed by atoms with Crippen molar-refractivity contribution >= 4 is 0 Å². The molecule has 0 spiro atoms. The average Bonchev–Trinajstić information content (AvgIpc) is 2.01. The lowest BCUT2D eigenvalue weighted by molar-refractivity contribution is 0.137. The molecule has 1 aromatic heterocycles. The van der Waals surface area contributed by atoms with E-state index in [-0.39, 0.29) is 0 Å². The Morgan fingerprint density at radius 1 is 1.50 bits per heavy atom. The molecular weight excluding hydrogens is 187 g/mol. The van der Waals surface area contributed by atoms with E-state index in [2.05, 4.69) is 4.98 Å². The van der Waals surface area contributed by atoms with Crippen LogP contribution in [0.2, 0.25) is 0 Å². The van der Waals surface area contributed by atoms with Crippen LogP contribution in [-0.2, 0) is 0 Å². The van der Waals surface area contributed by atoms with Crippen LogP contribution in [0, 0.1) is 0 Å². The quantitative estimate of drug-likeness (QED) is 0.769. The highest BCUT2D eigenvalue weighted by atomic mass is 19.1. The van der Waals surface area contributed by atoms with Gasteiger partial charge in [0.1, 0.15) is 5.67 Å². The van der Waals surface area contributed by atoms with Crippen LogP contribution in [0.3, 0.4) is 0 Å². The van der Waals surface area contributed by atoms with E-state index in [1.165, 1.54) is 30.7 Å². The summed E-state index contributed by atoms with van der Waals surface area (Å²) in [5, 5.41) is 0. The van der Waals surface area contributed by atoms with E-state index in [0.29, 0.717) is 0 Å². The average molecular weight is 200 g/mol. The van der Waals surface area contributed by atoms with Crippen LogP contribution in [-0.4, -0.2) is 15.2 Å². The third kappa shape index (κ3) is 2.10. The zero-order chi connectivity index (χ0) is 10.9. The van der Waals surface area contributed by atoms with Gasteiger partial charge in [0.2, 0.25) is 0 Å². The highest BCUT2D eigenvalue weighted by molar-refractivity contribution is 4.89. The molecule has 78 valence electrons. The smallest absolute Gasteiger partial charge is 0.295 e. The number of nitrogens with zero attached hydrogens (tertiary/aromatic N) is 1. The second-order valence-corrected chi connectivity index (χ2v) is 3.76. The Hall–Kier alpha value is -1.39. The number of hydrogen-bond acceptors (Lipinski definition) is 2. The molecule has 1 atom stereocenters. The molecule has 0 aromatic carbocycles. The zero-order valence-corrected chi connectivity index (χ0v) is 8.37. The van der Waals surface area contributed by atoms with Gasteiger partial charge in [0, 0.05) is 12.3 Å². The predicted molar refractivity (Wildman–Crippen MR) is 51.2 cm³/mol. The van der Waals surface area contributed by atoms with Crippen LogP contribution < -0.4 is 11.2 Å². The lowest BCUT2D eigenvalue weighted by atomic mass is 10.0. The normalized spacial score (nSPS) is 14.0. The van der Waals surface area contributed by atoms with Gasteiger partial charge in [0.15, 0.2) is 0 Å². The number of alkyl halides is 1. The van der Waals surface area contributed by atoms with Gasteiger partial charge in [0.05, 0.1) is 6.04 Å². The minimum Gasteiger partial charge on any atom is -0.295 e. The summed E-state index contributed by atoms with van der Waals surface area (Å²) in [5.41, 5.74) is -2.58. The first-order valence-corrected chi connectivity index (χ1v) is 4.33. The molecule has 1 heterocycles. The summed E-state index contributed by atoms with van der Waals surface area (Å²) in [6.45, 7) is 4.35. The Balaban J connectivity index is 3.21. The first-order chi connectivity index (χ1) is 6.32. The van der Waals surface area contributed by atoms with Crippen molar-refractivity contribution in [3.05, 3.63) is 33.1 Å². The van der Waals surface area contributed by atoms with Crippen LogP contribution >= 0.6 is 0 Å². The van der Waals surface area contributed by atoms with Crippen LogP contribution in [0.5, 0.6) is 0 Å². The summed E-state index contributed by atoms with van der Waals surface area (Å²) >= 11 is 0. The number of nitrogens with one attached hydrogen (secondary N) is 1. The molecule has 1 N–H and O–H groups in total. The highest BCUT2D eigenvalue weighted by Crippen LogP contribution is 2.23. The summed E-state index contributed by atoms with van der Waals surface area (Å²) in [5.74, 6) is 0. The summed E-state index contributed by atoms with van der Waals surface area (Å²) < 4.78 is 14.7. The van der Waals surface area contributed by atoms with Gasteiger partial charge in [0.25, 0.3) is 5.56 Å². The Bertz CT molecular complexity index is 427. The largest absolute Gasteiger partial charge is 0.328 e. The van der Waals surface area contributed by atoms with Crippen LogP contribution in [0.25, 0.3) is 0 Å². The molecule has 4 nitrogen and oxygen atoms in total. The third-order valence-electron chi connectivity index (χ3n) is 2.26. The Morgan fingerprint density at radius 2 is 2.07 bits per heavy atom. The van der Waals surface area contributed by atoms with Gasteiger partial charge in [-0.2, -0.15) is 0 Å². The molecule has 0 amide bonds.